The molecule has 2 aromatic carbocycles. The minimum absolute atomic E-state index is 0.278. The lowest BCUT2D eigenvalue weighted by Gasteiger charge is -2.28. The molecule has 29 heavy (non-hydrogen) atoms. The van der Waals surface area contributed by atoms with Gasteiger partial charge >= 0.3 is 6.03 Å². The molecule has 0 radical (unpaired) electrons. The molecule has 3 N–H and O–H groups in total. The van der Waals surface area contributed by atoms with Crippen LogP contribution < -0.4 is 10.6 Å². The number of aliphatic imine (C=N–C) groups is 1. The average molecular weight is 387 g/mol. The second-order valence-electron chi connectivity index (χ2n) is 7.01. The van der Waals surface area contributed by atoms with Crippen LogP contribution in [0.25, 0.3) is 21.9 Å². The Kier molecular flexibility index (Phi) is 3.90. The van der Waals surface area contributed by atoms with Crippen molar-refractivity contribution < 1.29 is 14.0 Å². The fourth-order valence-electron chi connectivity index (χ4n) is 3.69. The zero-order chi connectivity index (χ0) is 20.0. The number of para-hydroxylation sites is 1. The lowest BCUT2D eigenvalue weighted by Crippen LogP contribution is -2.45. The van der Waals surface area contributed by atoms with Crippen LogP contribution in [0.3, 0.4) is 0 Å². The summed E-state index contributed by atoms with van der Waals surface area (Å²) in [5.74, 6) is -0.466. The monoisotopic (exact) mass is 387 g/mol. The standard InChI is InChI=1S/C21H17N5O3/c1-11-18(20(27)24-14-6-7-15-13(8-14)10-22-26-15)19(25-21(28)23-11)17-9-12-4-2-3-5-16(12)29-17/h2-10,18-19H,1H3,(H,22,26)(H,24,27)(H,25,28). The van der Waals surface area contributed by atoms with Crippen LogP contribution >= 0.6 is 0 Å². The molecule has 1 aliphatic heterocycles. The van der Waals surface area contributed by atoms with Crippen LogP contribution in [0.4, 0.5) is 10.5 Å². The predicted molar refractivity (Wildman–Crippen MR) is 109 cm³/mol. The van der Waals surface area contributed by atoms with Crippen LogP contribution in [0.15, 0.2) is 64.1 Å². The molecule has 5 rings (SSSR count). The highest BCUT2D eigenvalue weighted by atomic mass is 16.3. The molecule has 4 aromatic rings. The molecule has 144 valence electrons. The molecule has 2 unspecified atom stereocenters. The number of rotatable bonds is 3. The van der Waals surface area contributed by atoms with Gasteiger partial charge in [0, 0.05) is 22.2 Å². The lowest BCUT2D eigenvalue weighted by atomic mass is 9.90. The Morgan fingerprint density at radius 1 is 1.14 bits per heavy atom. The number of nitrogens with zero attached hydrogens (tertiary/aromatic N) is 2. The summed E-state index contributed by atoms with van der Waals surface area (Å²) in [4.78, 5) is 29.1. The highest BCUT2D eigenvalue weighted by molar-refractivity contribution is 6.13. The van der Waals surface area contributed by atoms with Crippen molar-refractivity contribution in [3.05, 3.63) is 60.5 Å². The van der Waals surface area contributed by atoms with E-state index in [1.54, 1.807) is 19.2 Å². The van der Waals surface area contributed by atoms with Crippen LogP contribution in [0, 0.1) is 5.92 Å². The topological polar surface area (TPSA) is 112 Å². The summed E-state index contributed by atoms with van der Waals surface area (Å²) in [6, 6.07) is 13.7. The van der Waals surface area contributed by atoms with Gasteiger partial charge in [0.25, 0.3) is 0 Å². The lowest BCUT2D eigenvalue weighted by molar-refractivity contribution is -0.118. The third kappa shape index (κ3) is 3.04. The van der Waals surface area contributed by atoms with Crippen LogP contribution in [0.2, 0.25) is 0 Å². The number of aromatic amines is 1. The van der Waals surface area contributed by atoms with Crippen molar-refractivity contribution in [2.75, 3.05) is 5.32 Å². The van der Waals surface area contributed by atoms with Gasteiger partial charge in [-0.25, -0.2) is 9.79 Å². The Morgan fingerprint density at radius 2 is 2.00 bits per heavy atom. The number of carbonyl (C=O) groups excluding carboxylic acids is 2. The Hall–Kier alpha value is -3.94. The van der Waals surface area contributed by atoms with Crippen LogP contribution in [0.5, 0.6) is 0 Å². The Morgan fingerprint density at radius 3 is 2.86 bits per heavy atom. The molecule has 2 atom stereocenters. The van der Waals surface area contributed by atoms with Crippen molar-refractivity contribution in [2.24, 2.45) is 10.9 Å². The van der Waals surface area contributed by atoms with Crippen LogP contribution in [0.1, 0.15) is 18.7 Å². The molecule has 1 aliphatic rings. The Bertz CT molecular complexity index is 1250. The van der Waals surface area contributed by atoms with E-state index in [-0.39, 0.29) is 5.91 Å². The maximum absolute atomic E-state index is 13.1. The van der Waals surface area contributed by atoms with Gasteiger partial charge in [-0.15, -0.1) is 0 Å². The van der Waals surface area contributed by atoms with E-state index in [1.807, 2.05) is 42.5 Å². The molecule has 2 aromatic heterocycles. The summed E-state index contributed by atoms with van der Waals surface area (Å²) in [5, 5.41) is 14.3. The summed E-state index contributed by atoms with van der Waals surface area (Å²) in [5.41, 5.74) is 2.64. The molecule has 0 saturated heterocycles. The van der Waals surface area contributed by atoms with Gasteiger partial charge in [-0.2, -0.15) is 5.10 Å². The van der Waals surface area contributed by atoms with E-state index in [0.717, 1.165) is 16.3 Å². The quantitative estimate of drug-likeness (QED) is 0.496. The number of urea groups is 1. The minimum Gasteiger partial charge on any atom is -0.459 e. The fraction of sp³-hybridized carbons (Fsp3) is 0.143. The normalized spacial score (nSPS) is 19.2. The highest BCUT2D eigenvalue weighted by Gasteiger charge is 2.38. The SMILES string of the molecule is CC1=NC(=O)NC(c2cc3ccccc3o2)C1C(=O)Nc1ccc2[nH]ncc2c1. The fourth-order valence-corrected chi connectivity index (χ4v) is 3.69. The van der Waals surface area contributed by atoms with Crippen molar-refractivity contribution >= 4 is 45.2 Å². The average Bonchev–Trinajstić information content (AvgIpc) is 3.33. The Balaban J connectivity index is 1.49. The van der Waals surface area contributed by atoms with Crippen molar-refractivity contribution in [3.8, 4) is 0 Å². The van der Waals surface area contributed by atoms with Crippen LogP contribution in [-0.4, -0.2) is 27.8 Å². The molecule has 0 aliphatic carbocycles. The number of furan rings is 1. The summed E-state index contributed by atoms with van der Waals surface area (Å²) in [7, 11) is 0. The van der Waals surface area contributed by atoms with E-state index in [9.17, 15) is 9.59 Å². The van der Waals surface area contributed by atoms with Gasteiger partial charge in [-0.3, -0.25) is 9.89 Å². The third-order valence-corrected chi connectivity index (χ3v) is 5.08. The molecule has 0 spiro atoms. The maximum Gasteiger partial charge on any atom is 0.341 e. The van der Waals surface area contributed by atoms with Gasteiger partial charge in [0.2, 0.25) is 5.91 Å². The number of anilines is 1. The molecule has 3 amide bonds. The number of nitrogens with one attached hydrogen (secondary N) is 3. The molecular formula is C21H17N5O3. The zero-order valence-corrected chi connectivity index (χ0v) is 15.5. The molecular weight excluding hydrogens is 370 g/mol. The van der Waals surface area contributed by atoms with Crippen molar-refractivity contribution in [1.82, 2.24) is 15.5 Å². The maximum atomic E-state index is 13.1. The molecule has 3 heterocycles. The summed E-state index contributed by atoms with van der Waals surface area (Å²) < 4.78 is 5.92. The van der Waals surface area contributed by atoms with Gasteiger partial charge < -0.3 is 15.1 Å². The van der Waals surface area contributed by atoms with E-state index in [2.05, 4.69) is 25.8 Å². The minimum atomic E-state index is -0.701. The van der Waals surface area contributed by atoms with E-state index in [1.165, 1.54) is 0 Å². The second kappa shape index (κ2) is 6.59. The number of benzene rings is 2. The Labute approximate surface area is 165 Å². The molecule has 8 nitrogen and oxygen atoms in total. The summed E-state index contributed by atoms with van der Waals surface area (Å²) in [6.07, 6.45) is 1.69. The van der Waals surface area contributed by atoms with E-state index < -0.39 is 18.0 Å². The van der Waals surface area contributed by atoms with Crippen molar-refractivity contribution in [2.45, 2.75) is 13.0 Å². The summed E-state index contributed by atoms with van der Waals surface area (Å²) in [6.45, 7) is 1.68. The first-order chi connectivity index (χ1) is 14.1. The number of H-pyrrole nitrogens is 1. The van der Waals surface area contributed by atoms with E-state index >= 15 is 0 Å². The van der Waals surface area contributed by atoms with Gasteiger partial charge in [0.15, 0.2) is 0 Å². The first kappa shape index (κ1) is 17.2. The van der Waals surface area contributed by atoms with E-state index in [0.29, 0.717) is 22.7 Å². The second-order valence-corrected chi connectivity index (χ2v) is 7.01. The van der Waals surface area contributed by atoms with Gasteiger partial charge in [0.05, 0.1) is 11.7 Å². The first-order valence-electron chi connectivity index (χ1n) is 9.16. The zero-order valence-electron chi connectivity index (χ0n) is 15.5. The number of aromatic nitrogens is 2. The molecule has 0 fully saturated rings. The van der Waals surface area contributed by atoms with Gasteiger partial charge in [-0.05, 0) is 37.3 Å². The highest BCUT2D eigenvalue weighted by Crippen LogP contribution is 2.32. The van der Waals surface area contributed by atoms with Gasteiger partial charge in [0.1, 0.15) is 23.3 Å². The smallest absolute Gasteiger partial charge is 0.341 e. The molecule has 8 heteroatoms. The third-order valence-electron chi connectivity index (χ3n) is 5.08. The number of carbonyl (C=O) groups is 2. The number of hydrogen-bond donors (Lipinski definition) is 3. The van der Waals surface area contributed by atoms with Crippen molar-refractivity contribution in [1.29, 1.82) is 0 Å². The summed E-state index contributed by atoms with van der Waals surface area (Å²) >= 11 is 0. The van der Waals surface area contributed by atoms with Crippen LogP contribution in [-0.2, 0) is 4.79 Å². The number of fused-ring (bicyclic) bond motifs is 2. The molecule has 0 bridgehead atoms. The first-order valence-corrected chi connectivity index (χ1v) is 9.16. The molecule has 0 saturated carbocycles. The largest absolute Gasteiger partial charge is 0.459 e. The van der Waals surface area contributed by atoms with Crippen molar-refractivity contribution in [3.63, 3.8) is 0 Å². The van der Waals surface area contributed by atoms with E-state index in [4.69, 9.17) is 4.42 Å². The number of amides is 3. The van der Waals surface area contributed by atoms with Gasteiger partial charge in [-0.1, -0.05) is 18.2 Å². The number of hydrogen-bond acceptors (Lipinski definition) is 4. The predicted octanol–water partition coefficient (Wildman–Crippen LogP) is 3.79.